The number of rotatable bonds is 8. The molecule has 0 saturated carbocycles. The van der Waals surface area contributed by atoms with Crippen LogP contribution in [0.2, 0.25) is 0 Å². The number of esters is 1. The van der Waals surface area contributed by atoms with Crippen LogP contribution in [0.1, 0.15) is 72.2 Å². The second kappa shape index (κ2) is 11.6. The lowest BCUT2D eigenvalue weighted by atomic mass is 9.94. The fourth-order valence-electron chi connectivity index (χ4n) is 4.25. The number of hydrogen-bond donors (Lipinski definition) is 1. The standard InChI is InChI=1S/C30H38N2O5/c1-8-26(33)36-20(4)22-14-15-23-24(16-22)27(21-12-10-9-11-13-21)25(32(28(23)34)18-19(2)3)17-31-29(35)37-30(5,6)7/h9-16,19-20H,8,17-18H2,1-7H3,(H,31,35). The molecule has 0 spiro atoms. The maximum absolute atomic E-state index is 13.8. The van der Waals surface area contributed by atoms with Crippen molar-refractivity contribution in [3.05, 3.63) is 70.1 Å². The van der Waals surface area contributed by atoms with Crippen molar-refractivity contribution in [2.45, 2.75) is 79.7 Å². The van der Waals surface area contributed by atoms with E-state index in [0.717, 1.165) is 22.1 Å². The van der Waals surface area contributed by atoms with Crippen LogP contribution in [-0.2, 0) is 27.4 Å². The first kappa shape index (κ1) is 28.0. The number of aromatic nitrogens is 1. The second-order valence-electron chi connectivity index (χ2n) is 10.6. The van der Waals surface area contributed by atoms with Gasteiger partial charge >= 0.3 is 12.1 Å². The third-order valence-electron chi connectivity index (χ3n) is 5.88. The highest BCUT2D eigenvalue weighted by molar-refractivity contribution is 5.98. The molecule has 1 heterocycles. The van der Waals surface area contributed by atoms with E-state index in [1.54, 1.807) is 38.3 Å². The highest BCUT2D eigenvalue weighted by Crippen LogP contribution is 2.33. The Balaban J connectivity index is 2.27. The molecule has 1 amide bonds. The minimum atomic E-state index is -0.645. The molecule has 0 bridgehead atoms. The Morgan fingerprint density at radius 2 is 1.68 bits per heavy atom. The third-order valence-corrected chi connectivity index (χ3v) is 5.88. The molecule has 1 aromatic heterocycles. The molecule has 0 radical (unpaired) electrons. The number of amides is 1. The SMILES string of the molecule is CCC(=O)OC(C)c1ccc2c(=O)n(CC(C)C)c(CNC(=O)OC(C)(C)C)c(-c3ccccc3)c2c1. The number of nitrogens with zero attached hydrogens (tertiary/aromatic N) is 1. The fourth-order valence-corrected chi connectivity index (χ4v) is 4.25. The highest BCUT2D eigenvalue weighted by atomic mass is 16.6. The van der Waals surface area contributed by atoms with E-state index in [1.165, 1.54) is 0 Å². The average molecular weight is 507 g/mol. The van der Waals surface area contributed by atoms with Crippen LogP contribution in [0.3, 0.4) is 0 Å². The second-order valence-corrected chi connectivity index (χ2v) is 10.6. The lowest BCUT2D eigenvalue weighted by molar-refractivity contribution is -0.148. The molecule has 1 atom stereocenters. The summed E-state index contributed by atoms with van der Waals surface area (Å²) in [4.78, 5) is 38.3. The van der Waals surface area contributed by atoms with Crippen LogP contribution >= 0.6 is 0 Å². The van der Waals surface area contributed by atoms with Gasteiger partial charge in [-0.3, -0.25) is 9.59 Å². The Labute approximate surface area is 218 Å². The summed E-state index contributed by atoms with van der Waals surface area (Å²) in [6.07, 6.45) is -0.737. The molecule has 0 aliphatic carbocycles. The summed E-state index contributed by atoms with van der Waals surface area (Å²) >= 11 is 0. The molecule has 0 saturated heterocycles. The van der Waals surface area contributed by atoms with Crippen LogP contribution < -0.4 is 10.9 Å². The summed E-state index contributed by atoms with van der Waals surface area (Å²) in [7, 11) is 0. The Morgan fingerprint density at radius 3 is 2.27 bits per heavy atom. The summed E-state index contributed by atoms with van der Waals surface area (Å²) < 4.78 is 12.8. The number of carbonyl (C=O) groups is 2. The summed E-state index contributed by atoms with van der Waals surface area (Å²) in [6, 6.07) is 15.4. The van der Waals surface area contributed by atoms with Gasteiger partial charge in [0.1, 0.15) is 11.7 Å². The molecule has 0 fully saturated rings. The van der Waals surface area contributed by atoms with Gasteiger partial charge in [0, 0.05) is 29.6 Å². The first-order chi connectivity index (χ1) is 17.4. The van der Waals surface area contributed by atoms with Gasteiger partial charge in [0.05, 0.1) is 6.54 Å². The van der Waals surface area contributed by atoms with E-state index in [0.29, 0.717) is 17.6 Å². The largest absolute Gasteiger partial charge is 0.458 e. The minimum Gasteiger partial charge on any atom is -0.458 e. The first-order valence-corrected chi connectivity index (χ1v) is 12.8. The van der Waals surface area contributed by atoms with Crippen molar-refractivity contribution in [1.82, 2.24) is 9.88 Å². The molecule has 2 aromatic carbocycles. The van der Waals surface area contributed by atoms with Gasteiger partial charge in [0.25, 0.3) is 5.56 Å². The number of fused-ring (bicyclic) bond motifs is 1. The minimum absolute atomic E-state index is 0.113. The maximum atomic E-state index is 13.8. The van der Waals surface area contributed by atoms with Crippen molar-refractivity contribution in [3.63, 3.8) is 0 Å². The van der Waals surface area contributed by atoms with Gasteiger partial charge in [-0.25, -0.2) is 4.79 Å². The lowest BCUT2D eigenvalue weighted by Crippen LogP contribution is -2.35. The lowest BCUT2D eigenvalue weighted by Gasteiger charge is -2.24. The van der Waals surface area contributed by atoms with Gasteiger partial charge in [0.2, 0.25) is 0 Å². The Hall–Kier alpha value is -3.61. The van der Waals surface area contributed by atoms with E-state index in [4.69, 9.17) is 9.47 Å². The number of nitrogens with one attached hydrogen (secondary N) is 1. The van der Waals surface area contributed by atoms with Crippen LogP contribution in [0.15, 0.2) is 53.3 Å². The molecule has 1 N–H and O–H groups in total. The Bertz CT molecular complexity index is 1320. The van der Waals surface area contributed by atoms with E-state index < -0.39 is 17.8 Å². The number of benzene rings is 2. The summed E-state index contributed by atoms with van der Waals surface area (Å²) in [6.45, 7) is 13.7. The molecule has 1 unspecified atom stereocenters. The van der Waals surface area contributed by atoms with Crippen LogP contribution in [0.5, 0.6) is 0 Å². The Kier molecular flexibility index (Phi) is 8.79. The van der Waals surface area contributed by atoms with E-state index in [2.05, 4.69) is 19.2 Å². The maximum Gasteiger partial charge on any atom is 0.407 e. The van der Waals surface area contributed by atoms with E-state index >= 15 is 0 Å². The zero-order chi connectivity index (χ0) is 27.3. The van der Waals surface area contributed by atoms with Gasteiger partial charge in [-0.15, -0.1) is 0 Å². The molecule has 0 aliphatic rings. The van der Waals surface area contributed by atoms with Crippen molar-refractivity contribution in [2.24, 2.45) is 5.92 Å². The van der Waals surface area contributed by atoms with Gasteiger partial charge in [-0.05, 0) is 62.3 Å². The molecule has 198 valence electrons. The summed E-state index contributed by atoms with van der Waals surface area (Å²) in [5, 5.41) is 4.16. The van der Waals surface area contributed by atoms with E-state index in [1.807, 2.05) is 49.4 Å². The van der Waals surface area contributed by atoms with Crippen molar-refractivity contribution in [3.8, 4) is 11.1 Å². The summed E-state index contributed by atoms with van der Waals surface area (Å²) in [5.41, 5.74) is 2.48. The zero-order valence-corrected chi connectivity index (χ0v) is 22.9. The van der Waals surface area contributed by atoms with Gasteiger partial charge < -0.3 is 19.4 Å². The number of ether oxygens (including phenoxy) is 2. The number of carbonyl (C=O) groups excluding carboxylic acids is 2. The van der Waals surface area contributed by atoms with E-state index in [-0.39, 0.29) is 30.4 Å². The first-order valence-electron chi connectivity index (χ1n) is 12.8. The molecular formula is C30H38N2O5. The predicted octanol–water partition coefficient (Wildman–Crippen LogP) is 6.36. The van der Waals surface area contributed by atoms with Crippen molar-refractivity contribution < 1.29 is 19.1 Å². The van der Waals surface area contributed by atoms with Crippen molar-refractivity contribution in [1.29, 1.82) is 0 Å². The van der Waals surface area contributed by atoms with E-state index in [9.17, 15) is 14.4 Å². The normalized spacial score (nSPS) is 12.4. The zero-order valence-electron chi connectivity index (χ0n) is 22.9. The monoisotopic (exact) mass is 506 g/mol. The van der Waals surface area contributed by atoms with Crippen molar-refractivity contribution >= 4 is 22.8 Å². The molecular weight excluding hydrogens is 468 g/mol. The highest BCUT2D eigenvalue weighted by Gasteiger charge is 2.22. The molecule has 3 rings (SSSR count). The number of pyridine rings is 1. The smallest absolute Gasteiger partial charge is 0.407 e. The average Bonchev–Trinajstić information content (AvgIpc) is 2.83. The Morgan fingerprint density at radius 1 is 1.00 bits per heavy atom. The molecule has 7 heteroatoms. The molecule has 7 nitrogen and oxygen atoms in total. The van der Waals surface area contributed by atoms with Crippen molar-refractivity contribution in [2.75, 3.05) is 0 Å². The van der Waals surface area contributed by atoms with Crippen LogP contribution in [0, 0.1) is 5.92 Å². The molecule has 37 heavy (non-hydrogen) atoms. The van der Waals surface area contributed by atoms with Crippen LogP contribution in [0.4, 0.5) is 4.79 Å². The summed E-state index contributed by atoms with van der Waals surface area (Å²) in [5.74, 6) is -0.0858. The van der Waals surface area contributed by atoms with Gasteiger partial charge in [-0.1, -0.05) is 57.2 Å². The number of alkyl carbamates (subject to hydrolysis) is 1. The molecule has 3 aromatic rings. The third kappa shape index (κ3) is 7.00. The van der Waals surface area contributed by atoms with Gasteiger partial charge in [-0.2, -0.15) is 0 Å². The quantitative estimate of drug-likeness (QED) is 0.359. The van der Waals surface area contributed by atoms with Gasteiger partial charge in [0.15, 0.2) is 0 Å². The van der Waals surface area contributed by atoms with Crippen LogP contribution in [0.25, 0.3) is 21.9 Å². The predicted molar refractivity (Wildman–Crippen MR) is 146 cm³/mol. The van der Waals surface area contributed by atoms with Crippen LogP contribution in [-0.4, -0.2) is 22.2 Å². The molecule has 0 aliphatic heterocycles. The number of hydrogen-bond acceptors (Lipinski definition) is 5. The fraction of sp³-hybridized carbons (Fsp3) is 0.433. The topological polar surface area (TPSA) is 86.6 Å².